The average molecular weight is 309 g/mol. The molecule has 7 nitrogen and oxygen atoms in total. The standard InChI is InChI=1S/C13H13ClN4O3/c1-3-6-18-13(21)11(8(14)7-15-18)16-9-4-5-10(19)17(2)12(9)20/h1,7,9,16H,4-6H2,2H3. The molecule has 1 aromatic rings. The molecule has 1 saturated heterocycles. The van der Waals surface area contributed by atoms with Gasteiger partial charge in [-0.2, -0.15) is 5.10 Å². The van der Waals surface area contributed by atoms with Crippen LogP contribution >= 0.6 is 11.6 Å². The molecule has 0 aromatic carbocycles. The van der Waals surface area contributed by atoms with E-state index in [4.69, 9.17) is 18.0 Å². The van der Waals surface area contributed by atoms with Crippen molar-refractivity contribution in [2.75, 3.05) is 12.4 Å². The molecule has 1 atom stereocenters. The monoisotopic (exact) mass is 308 g/mol. The molecule has 1 N–H and O–H groups in total. The van der Waals surface area contributed by atoms with Gasteiger partial charge in [-0.05, 0) is 6.42 Å². The number of likely N-dealkylation sites (N-methyl/N-ethyl adjacent to an activating group) is 1. The highest BCUT2D eigenvalue weighted by Crippen LogP contribution is 2.20. The van der Waals surface area contributed by atoms with Gasteiger partial charge in [0.15, 0.2) is 0 Å². The van der Waals surface area contributed by atoms with Crippen LogP contribution in [0.1, 0.15) is 12.8 Å². The van der Waals surface area contributed by atoms with Crippen LogP contribution in [0.2, 0.25) is 5.02 Å². The molecular formula is C13H13ClN4O3. The van der Waals surface area contributed by atoms with Gasteiger partial charge < -0.3 is 5.32 Å². The summed E-state index contributed by atoms with van der Waals surface area (Å²) >= 11 is 5.95. The predicted molar refractivity (Wildman–Crippen MR) is 76.8 cm³/mol. The van der Waals surface area contributed by atoms with Gasteiger partial charge in [0.2, 0.25) is 5.91 Å². The van der Waals surface area contributed by atoms with Crippen LogP contribution in [-0.2, 0) is 16.1 Å². The van der Waals surface area contributed by atoms with Crippen molar-refractivity contribution in [3.63, 3.8) is 0 Å². The zero-order chi connectivity index (χ0) is 15.6. The summed E-state index contributed by atoms with van der Waals surface area (Å²) < 4.78 is 1.07. The molecule has 1 aliphatic rings. The highest BCUT2D eigenvalue weighted by molar-refractivity contribution is 6.33. The third-order valence-corrected chi connectivity index (χ3v) is 3.49. The van der Waals surface area contributed by atoms with Gasteiger partial charge in [-0.3, -0.25) is 19.3 Å². The minimum Gasteiger partial charge on any atom is -0.368 e. The second-order valence-corrected chi connectivity index (χ2v) is 4.97. The summed E-state index contributed by atoms with van der Waals surface area (Å²) in [6, 6.07) is -0.681. The Morgan fingerprint density at radius 2 is 2.24 bits per heavy atom. The highest BCUT2D eigenvalue weighted by atomic mass is 35.5. The lowest BCUT2D eigenvalue weighted by Gasteiger charge is -2.28. The number of halogens is 1. The predicted octanol–water partition coefficient (Wildman–Crippen LogP) is 0.0892. The second-order valence-electron chi connectivity index (χ2n) is 4.56. The Balaban J connectivity index is 2.30. The molecule has 1 aliphatic heterocycles. The third kappa shape index (κ3) is 2.90. The van der Waals surface area contributed by atoms with Crippen LogP contribution < -0.4 is 10.9 Å². The van der Waals surface area contributed by atoms with Crippen molar-refractivity contribution < 1.29 is 9.59 Å². The number of piperidine rings is 1. The van der Waals surface area contributed by atoms with Crippen molar-refractivity contribution in [1.29, 1.82) is 0 Å². The maximum absolute atomic E-state index is 12.2. The van der Waals surface area contributed by atoms with Gasteiger partial charge in [0.05, 0.1) is 11.2 Å². The number of terminal acetylenes is 1. The fourth-order valence-electron chi connectivity index (χ4n) is 2.02. The van der Waals surface area contributed by atoms with E-state index in [1.54, 1.807) is 0 Å². The lowest BCUT2D eigenvalue weighted by Crippen LogP contribution is -2.49. The zero-order valence-corrected chi connectivity index (χ0v) is 12.1. The van der Waals surface area contributed by atoms with E-state index in [1.165, 1.54) is 13.2 Å². The van der Waals surface area contributed by atoms with Crippen molar-refractivity contribution >= 4 is 29.1 Å². The van der Waals surface area contributed by atoms with Crippen LogP contribution in [0.3, 0.4) is 0 Å². The molecule has 1 fully saturated rings. The quantitative estimate of drug-likeness (QED) is 0.632. The van der Waals surface area contributed by atoms with Crippen molar-refractivity contribution in [2.45, 2.75) is 25.4 Å². The zero-order valence-electron chi connectivity index (χ0n) is 11.3. The first-order chi connectivity index (χ1) is 9.95. The number of imide groups is 1. The first kappa shape index (κ1) is 15.1. The van der Waals surface area contributed by atoms with Crippen LogP contribution in [-0.4, -0.2) is 39.6 Å². The first-order valence-electron chi connectivity index (χ1n) is 6.21. The summed E-state index contributed by atoms with van der Waals surface area (Å²) in [6.45, 7) is 0.00167. The van der Waals surface area contributed by atoms with Crippen LogP contribution in [0.5, 0.6) is 0 Å². The Kier molecular flexibility index (Phi) is 4.29. The molecule has 8 heteroatoms. The molecule has 2 rings (SSSR count). The molecule has 0 spiro atoms. The molecular weight excluding hydrogens is 296 g/mol. The Labute approximate surface area is 125 Å². The van der Waals surface area contributed by atoms with E-state index in [0.717, 1.165) is 9.58 Å². The maximum atomic E-state index is 12.2. The average Bonchev–Trinajstić information content (AvgIpc) is 2.46. The number of aromatic nitrogens is 2. The largest absolute Gasteiger partial charge is 0.368 e. The SMILES string of the molecule is C#CCn1ncc(Cl)c(NC2CCC(=O)N(C)C2=O)c1=O. The molecule has 2 amide bonds. The van der Waals surface area contributed by atoms with E-state index in [9.17, 15) is 14.4 Å². The van der Waals surface area contributed by atoms with Crippen LogP contribution in [0.25, 0.3) is 0 Å². The molecule has 110 valence electrons. The Hall–Kier alpha value is -2.33. The molecule has 1 aromatic heterocycles. The minimum atomic E-state index is -0.681. The lowest BCUT2D eigenvalue weighted by molar-refractivity contribution is -0.146. The number of hydrogen-bond donors (Lipinski definition) is 1. The molecule has 2 heterocycles. The van der Waals surface area contributed by atoms with E-state index < -0.39 is 17.5 Å². The lowest BCUT2D eigenvalue weighted by atomic mass is 10.0. The first-order valence-corrected chi connectivity index (χ1v) is 6.59. The molecule has 21 heavy (non-hydrogen) atoms. The van der Waals surface area contributed by atoms with Crippen molar-refractivity contribution in [1.82, 2.24) is 14.7 Å². The van der Waals surface area contributed by atoms with E-state index >= 15 is 0 Å². The van der Waals surface area contributed by atoms with Crippen molar-refractivity contribution in [3.8, 4) is 12.3 Å². The summed E-state index contributed by atoms with van der Waals surface area (Å²) in [5.41, 5.74) is -0.448. The van der Waals surface area contributed by atoms with Gasteiger partial charge in [-0.25, -0.2) is 4.68 Å². The number of rotatable bonds is 3. The molecule has 1 unspecified atom stereocenters. The number of carbonyl (C=O) groups excluding carboxylic acids is 2. The van der Waals surface area contributed by atoms with Crippen LogP contribution in [0, 0.1) is 12.3 Å². The number of hydrogen-bond acceptors (Lipinski definition) is 5. The highest BCUT2D eigenvalue weighted by Gasteiger charge is 2.32. The Bertz CT molecular complexity index is 692. The Morgan fingerprint density at radius 3 is 2.90 bits per heavy atom. The van der Waals surface area contributed by atoms with E-state index in [0.29, 0.717) is 6.42 Å². The van der Waals surface area contributed by atoms with Crippen LogP contribution in [0.15, 0.2) is 11.0 Å². The van der Waals surface area contributed by atoms with Gasteiger partial charge in [0, 0.05) is 13.5 Å². The maximum Gasteiger partial charge on any atom is 0.292 e. The molecule has 0 aliphatic carbocycles. The Morgan fingerprint density at radius 1 is 1.52 bits per heavy atom. The second kappa shape index (κ2) is 5.97. The summed E-state index contributed by atoms with van der Waals surface area (Å²) in [7, 11) is 1.41. The van der Waals surface area contributed by atoms with Crippen LogP contribution in [0.4, 0.5) is 5.69 Å². The van der Waals surface area contributed by atoms with Gasteiger partial charge in [-0.15, -0.1) is 6.42 Å². The number of anilines is 1. The van der Waals surface area contributed by atoms with E-state index in [-0.39, 0.29) is 29.6 Å². The topological polar surface area (TPSA) is 84.3 Å². The minimum absolute atomic E-state index is 0.00167. The van der Waals surface area contributed by atoms with Gasteiger partial charge in [0.25, 0.3) is 11.5 Å². The number of nitrogens with zero attached hydrogens (tertiary/aromatic N) is 3. The number of likely N-dealkylation sites (tertiary alicyclic amines) is 1. The number of nitrogens with one attached hydrogen (secondary N) is 1. The molecule has 0 radical (unpaired) electrons. The van der Waals surface area contributed by atoms with Crippen molar-refractivity contribution in [2.24, 2.45) is 0 Å². The third-order valence-electron chi connectivity index (χ3n) is 3.21. The number of amides is 2. The summed E-state index contributed by atoms with van der Waals surface area (Å²) in [6.07, 6.45) is 6.96. The summed E-state index contributed by atoms with van der Waals surface area (Å²) in [5, 5.41) is 6.71. The fraction of sp³-hybridized carbons (Fsp3) is 0.385. The van der Waals surface area contributed by atoms with E-state index in [1.807, 2.05) is 0 Å². The number of carbonyl (C=O) groups is 2. The van der Waals surface area contributed by atoms with Gasteiger partial charge >= 0.3 is 0 Å². The molecule has 0 saturated carbocycles. The fourth-order valence-corrected chi connectivity index (χ4v) is 2.20. The summed E-state index contributed by atoms with van der Waals surface area (Å²) in [5.74, 6) is 1.66. The van der Waals surface area contributed by atoms with Gasteiger partial charge in [-0.1, -0.05) is 17.5 Å². The van der Waals surface area contributed by atoms with Gasteiger partial charge in [0.1, 0.15) is 18.3 Å². The molecule has 0 bridgehead atoms. The van der Waals surface area contributed by atoms with Crippen molar-refractivity contribution in [3.05, 3.63) is 21.6 Å². The summed E-state index contributed by atoms with van der Waals surface area (Å²) in [4.78, 5) is 36.7. The van der Waals surface area contributed by atoms with E-state index in [2.05, 4.69) is 16.3 Å². The normalized spacial score (nSPS) is 18.5. The smallest absolute Gasteiger partial charge is 0.292 e.